The average Bonchev–Trinajstić information content (AvgIpc) is 3.29. The third-order valence-electron chi connectivity index (χ3n) is 5.17. The van der Waals surface area contributed by atoms with Crippen LogP contribution in [0.25, 0.3) is 20.7 Å². The molecule has 0 bridgehead atoms. The van der Waals surface area contributed by atoms with Crippen LogP contribution in [-0.2, 0) is 22.5 Å². The average molecular weight is 498 g/mol. The molecule has 2 heterocycles. The number of carbonyl (C=O) groups excluding carboxylic acids is 1. The lowest BCUT2D eigenvalue weighted by Gasteiger charge is -2.11. The topological polar surface area (TPSA) is 73.2 Å². The molecule has 4 rings (SSSR count). The maximum Gasteiger partial charge on any atom is 0.263 e. The zero-order valence-corrected chi connectivity index (χ0v) is 20.3. The van der Waals surface area contributed by atoms with E-state index in [1.54, 1.807) is 23.8 Å². The summed E-state index contributed by atoms with van der Waals surface area (Å²) in [4.78, 5) is 32.0. The number of halogens is 1. The van der Waals surface area contributed by atoms with E-state index in [0.717, 1.165) is 16.0 Å². The van der Waals surface area contributed by atoms with Crippen LogP contribution in [0.5, 0.6) is 0 Å². The van der Waals surface area contributed by atoms with Crippen molar-refractivity contribution in [2.24, 2.45) is 0 Å². The van der Waals surface area contributed by atoms with Gasteiger partial charge in [-0.3, -0.25) is 14.2 Å². The molecule has 4 aromatic rings. The van der Waals surface area contributed by atoms with Crippen molar-refractivity contribution in [2.75, 3.05) is 26.0 Å². The summed E-state index contributed by atoms with van der Waals surface area (Å²) in [7, 11) is 1.58. The molecule has 0 fully saturated rings. The maximum absolute atomic E-state index is 13.2. The van der Waals surface area contributed by atoms with Gasteiger partial charge in [0.25, 0.3) is 5.56 Å². The summed E-state index contributed by atoms with van der Waals surface area (Å²) >= 11 is 2.69. The lowest BCUT2D eigenvalue weighted by atomic mass is 10.1. The van der Waals surface area contributed by atoms with Gasteiger partial charge in [-0.05, 0) is 35.7 Å². The van der Waals surface area contributed by atoms with E-state index in [-0.39, 0.29) is 23.0 Å². The summed E-state index contributed by atoms with van der Waals surface area (Å²) in [6.45, 7) is 1.16. The molecule has 1 amide bonds. The Labute approximate surface area is 204 Å². The minimum Gasteiger partial charge on any atom is -0.383 e. The first-order chi connectivity index (χ1) is 16.5. The summed E-state index contributed by atoms with van der Waals surface area (Å²) in [5.41, 5.74) is 1.84. The number of rotatable bonds is 10. The number of hydrogen-bond donors (Lipinski definition) is 1. The lowest BCUT2D eigenvalue weighted by molar-refractivity contribution is -0.118. The first-order valence-corrected chi connectivity index (χ1v) is 12.6. The number of methoxy groups -OCH3 is 1. The van der Waals surface area contributed by atoms with E-state index in [1.807, 2.05) is 36.4 Å². The smallest absolute Gasteiger partial charge is 0.263 e. The highest BCUT2D eigenvalue weighted by molar-refractivity contribution is 7.99. The maximum atomic E-state index is 13.2. The van der Waals surface area contributed by atoms with Crippen LogP contribution in [0.1, 0.15) is 5.56 Å². The summed E-state index contributed by atoms with van der Waals surface area (Å²) < 4.78 is 19.8. The van der Waals surface area contributed by atoms with Gasteiger partial charge in [0.05, 0.1) is 24.3 Å². The minimum absolute atomic E-state index is 0.130. The van der Waals surface area contributed by atoms with E-state index in [1.165, 1.54) is 35.2 Å². The molecule has 9 heteroatoms. The molecule has 2 aromatic heterocycles. The monoisotopic (exact) mass is 497 g/mol. The van der Waals surface area contributed by atoms with Crippen LogP contribution in [0.3, 0.4) is 0 Å². The fourth-order valence-electron chi connectivity index (χ4n) is 3.41. The fraction of sp³-hybridized carbons (Fsp3) is 0.240. The van der Waals surface area contributed by atoms with E-state index in [0.29, 0.717) is 41.5 Å². The SMILES string of the molecule is COCCn1c(SCC(=O)NCCc2ccc(F)cc2)nc2sc(-c3ccccc3)cc2c1=O. The first-order valence-electron chi connectivity index (χ1n) is 10.8. The fourth-order valence-corrected chi connectivity index (χ4v) is 5.34. The third-order valence-corrected chi connectivity index (χ3v) is 7.23. The van der Waals surface area contributed by atoms with Crippen LogP contribution in [-0.4, -0.2) is 41.5 Å². The van der Waals surface area contributed by atoms with E-state index in [9.17, 15) is 14.0 Å². The zero-order chi connectivity index (χ0) is 23.9. The number of thiophene rings is 1. The van der Waals surface area contributed by atoms with E-state index in [4.69, 9.17) is 9.72 Å². The highest BCUT2D eigenvalue weighted by atomic mass is 32.2. The molecular formula is C25H24FN3O3S2. The highest BCUT2D eigenvalue weighted by Crippen LogP contribution is 2.32. The van der Waals surface area contributed by atoms with E-state index >= 15 is 0 Å². The van der Waals surface area contributed by atoms with Gasteiger partial charge in [0.2, 0.25) is 5.91 Å². The summed E-state index contributed by atoms with van der Waals surface area (Å²) in [5, 5.41) is 3.92. The van der Waals surface area contributed by atoms with Gasteiger partial charge in [-0.25, -0.2) is 9.37 Å². The number of benzene rings is 2. The Balaban J connectivity index is 1.48. The molecule has 0 saturated carbocycles. The summed E-state index contributed by atoms with van der Waals surface area (Å²) in [5.74, 6) is -0.309. The molecule has 0 aliphatic heterocycles. The zero-order valence-electron chi connectivity index (χ0n) is 18.6. The molecule has 6 nitrogen and oxygen atoms in total. The van der Waals surface area contributed by atoms with Crippen molar-refractivity contribution >= 4 is 39.2 Å². The predicted octanol–water partition coefficient (Wildman–Crippen LogP) is 4.36. The van der Waals surface area contributed by atoms with Crippen molar-refractivity contribution in [3.63, 3.8) is 0 Å². The number of fused-ring (bicyclic) bond motifs is 1. The number of carbonyl (C=O) groups is 1. The number of ether oxygens (including phenoxy) is 1. The summed E-state index contributed by atoms with van der Waals surface area (Å²) in [6, 6.07) is 18.0. The lowest BCUT2D eigenvalue weighted by Crippen LogP contribution is -2.28. The normalized spacial score (nSPS) is 11.1. The van der Waals surface area contributed by atoms with Crippen molar-refractivity contribution in [1.82, 2.24) is 14.9 Å². The molecule has 2 aromatic carbocycles. The Hall–Kier alpha value is -3.01. The number of nitrogens with one attached hydrogen (secondary N) is 1. The Morgan fingerprint density at radius 1 is 1.18 bits per heavy atom. The number of hydrogen-bond acceptors (Lipinski definition) is 6. The van der Waals surface area contributed by atoms with Gasteiger partial charge < -0.3 is 10.1 Å². The molecule has 0 saturated heterocycles. The Kier molecular flexibility index (Phi) is 8.10. The predicted molar refractivity (Wildman–Crippen MR) is 135 cm³/mol. The molecule has 0 radical (unpaired) electrons. The number of thioether (sulfide) groups is 1. The van der Waals surface area contributed by atoms with Crippen LogP contribution in [0.15, 0.2) is 70.6 Å². The van der Waals surface area contributed by atoms with Crippen molar-refractivity contribution in [2.45, 2.75) is 18.1 Å². The minimum atomic E-state index is -0.283. The van der Waals surface area contributed by atoms with Crippen molar-refractivity contribution in [3.8, 4) is 10.4 Å². The molecule has 0 unspecified atom stereocenters. The molecule has 0 aliphatic carbocycles. The number of aromatic nitrogens is 2. The van der Waals surface area contributed by atoms with Gasteiger partial charge in [-0.15, -0.1) is 11.3 Å². The molecule has 176 valence electrons. The largest absolute Gasteiger partial charge is 0.383 e. The van der Waals surface area contributed by atoms with Crippen LogP contribution < -0.4 is 10.9 Å². The van der Waals surface area contributed by atoms with Crippen LogP contribution in [0.2, 0.25) is 0 Å². The number of nitrogens with zero attached hydrogens (tertiary/aromatic N) is 2. The second-order valence-electron chi connectivity index (χ2n) is 7.55. The van der Waals surface area contributed by atoms with Crippen molar-refractivity contribution in [3.05, 3.63) is 82.4 Å². The van der Waals surface area contributed by atoms with Gasteiger partial charge in [0.15, 0.2) is 5.16 Å². The summed E-state index contributed by atoms with van der Waals surface area (Å²) in [6.07, 6.45) is 0.608. The van der Waals surface area contributed by atoms with Crippen LogP contribution in [0, 0.1) is 5.82 Å². The molecule has 0 spiro atoms. The van der Waals surface area contributed by atoms with Gasteiger partial charge >= 0.3 is 0 Å². The second kappa shape index (κ2) is 11.4. The molecule has 0 atom stereocenters. The first kappa shape index (κ1) is 24.1. The van der Waals surface area contributed by atoms with Crippen molar-refractivity contribution in [1.29, 1.82) is 0 Å². The molecule has 34 heavy (non-hydrogen) atoms. The molecule has 1 N–H and O–H groups in total. The van der Waals surface area contributed by atoms with E-state index < -0.39 is 0 Å². The van der Waals surface area contributed by atoms with Gasteiger partial charge in [-0.2, -0.15) is 0 Å². The molecule has 0 aliphatic rings. The quantitative estimate of drug-likeness (QED) is 0.260. The van der Waals surface area contributed by atoms with Gasteiger partial charge in [0, 0.05) is 18.5 Å². The highest BCUT2D eigenvalue weighted by Gasteiger charge is 2.16. The van der Waals surface area contributed by atoms with Gasteiger partial charge in [0.1, 0.15) is 10.6 Å². The second-order valence-corrected chi connectivity index (χ2v) is 9.53. The van der Waals surface area contributed by atoms with Gasteiger partial charge in [-0.1, -0.05) is 54.2 Å². The Bertz CT molecular complexity index is 1320. The van der Waals surface area contributed by atoms with E-state index in [2.05, 4.69) is 5.32 Å². The standard InChI is InChI=1S/C25H24FN3O3S2/c1-32-14-13-29-24(31)20-15-21(18-5-3-2-4-6-18)34-23(20)28-25(29)33-16-22(30)27-12-11-17-7-9-19(26)10-8-17/h2-10,15H,11-14,16H2,1H3,(H,27,30). The van der Waals surface area contributed by atoms with Crippen LogP contribution >= 0.6 is 23.1 Å². The van der Waals surface area contributed by atoms with Crippen molar-refractivity contribution < 1.29 is 13.9 Å². The number of amides is 1. The molecular weight excluding hydrogens is 473 g/mol. The Morgan fingerprint density at radius 3 is 2.68 bits per heavy atom. The third kappa shape index (κ3) is 5.91. The van der Waals surface area contributed by atoms with Crippen LogP contribution in [0.4, 0.5) is 4.39 Å². The Morgan fingerprint density at radius 2 is 1.94 bits per heavy atom.